The maximum atomic E-state index is 13.3. The fraction of sp³-hybridized carbons (Fsp3) is 0.182. The van der Waals surface area contributed by atoms with Crippen molar-refractivity contribution in [3.05, 3.63) is 73.4 Å². The summed E-state index contributed by atoms with van der Waals surface area (Å²) in [5, 5.41) is 2.07. The summed E-state index contributed by atoms with van der Waals surface area (Å²) in [5.41, 5.74) is 1.79. The van der Waals surface area contributed by atoms with Crippen molar-refractivity contribution in [2.75, 3.05) is 11.4 Å². The molecule has 0 fully saturated rings. The summed E-state index contributed by atoms with van der Waals surface area (Å²) in [6.07, 6.45) is 0.765. The molecule has 0 bridgehead atoms. The van der Waals surface area contributed by atoms with Crippen molar-refractivity contribution in [3.63, 3.8) is 0 Å². The van der Waals surface area contributed by atoms with Gasteiger partial charge in [0, 0.05) is 17.6 Å². The van der Waals surface area contributed by atoms with Crippen LogP contribution < -0.4 is 10.5 Å². The molecule has 0 atom stereocenters. The first-order chi connectivity index (χ1) is 13.9. The van der Waals surface area contributed by atoms with Crippen molar-refractivity contribution in [1.29, 1.82) is 0 Å². The third-order valence-corrected chi connectivity index (χ3v) is 6.55. The summed E-state index contributed by atoms with van der Waals surface area (Å²) < 4.78 is 6.20. The highest BCUT2D eigenvalue weighted by Crippen LogP contribution is 2.33. The Morgan fingerprint density at radius 1 is 1.07 bits per heavy atom. The van der Waals surface area contributed by atoms with E-state index in [1.165, 1.54) is 11.3 Å². The first-order valence-corrected chi connectivity index (χ1v) is 10.7. The molecule has 0 saturated heterocycles. The van der Waals surface area contributed by atoms with Crippen LogP contribution in [0.5, 0.6) is 0 Å². The molecule has 4 nitrogen and oxygen atoms in total. The molecule has 148 valence electrons. The monoisotopic (exact) mass is 445 g/mol. The Hall–Kier alpha value is -2.34. The molecule has 7 heteroatoms. The van der Waals surface area contributed by atoms with E-state index < -0.39 is 5.63 Å². The van der Waals surface area contributed by atoms with Gasteiger partial charge >= 0.3 is 5.63 Å². The number of anilines is 1. The van der Waals surface area contributed by atoms with Crippen LogP contribution in [0.15, 0.2) is 51.7 Å². The maximum absolute atomic E-state index is 13.3. The van der Waals surface area contributed by atoms with Gasteiger partial charge in [0.2, 0.25) is 0 Å². The van der Waals surface area contributed by atoms with E-state index in [4.69, 9.17) is 27.6 Å². The zero-order valence-corrected chi connectivity index (χ0v) is 18.1. The van der Waals surface area contributed by atoms with E-state index in [-0.39, 0.29) is 5.91 Å². The summed E-state index contributed by atoms with van der Waals surface area (Å²) in [5.74, 6) is -0.188. The predicted octanol–water partition coefficient (Wildman–Crippen LogP) is 6.68. The van der Waals surface area contributed by atoms with Crippen molar-refractivity contribution in [2.45, 2.75) is 20.3 Å². The van der Waals surface area contributed by atoms with Gasteiger partial charge in [0.15, 0.2) is 0 Å². The summed E-state index contributed by atoms with van der Waals surface area (Å²) in [7, 11) is 0. The van der Waals surface area contributed by atoms with E-state index in [2.05, 4.69) is 0 Å². The van der Waals surface area contributed by atoms with E-state index in [0.717, 1.165) is 22.1 Å². The second kappa shape index (κ2) is 7.82. The lowest BCUT2D eigenvalue weighted by Crippen LogP contribution is -2.31. The molecule has 2 aromatic carbocycles. The van der Waals surface area contributed by atoms with Crippen molar-refractivity contribution < 1.29 is 9.21 Å². The van der Waals surface area contributed by atoms with Crippen LogP contribution >= 0.6 is 34.5 Å². The average Bonchev–Trinajstić information content (AvgIpc) is 3.15. The number of hydrogen-bond acceptors (Lipinski definition) is 4. The molecule has 1 amide bonds. The maximum Gasteiger partial charge on any atom is 0.345 e. The number of carbonyl (C=O) groups is 1. The zero-order chi connectivity index (χ0) is 20.7. The molecule has 4 rings (SSSR count). The van der Waals surface area contributed by atoms with Crippen molar-refractivity contribution >= 4 is 67.2 Å². The number of aryl methyl sites for hydroxylation is 1. The van der Waals surface area contributed by atoms with Crippen molar-refractivity contribution in [3.8, 4) is 0 Å². The molecule has 2 heterocycles. The lowest BCUT2D eigenvalue weighted by Gasteiger charge is -2.22. The quantitative estimate of drug-likeness (QED) is 0.329. The first-order valence-electron chi connectivity index (χ1n) is 9.13. The van der Waals surface area contributed by atoms with Gasteiger partial charge in [0.25, 0.3) is 5.91 Å². The lowest BCUT2D eigenvalue weighted by atomic mass is 10.1. The summed E-state index contributed by atoms with van der Waals surface area (Å²) in [6, 6.07) is 12.4. The van der Waals surface area contributed by atoms with Crippen LogP contribution in [0.2, 0.25) is 10.0 Å². The SMILES string of the molecule is CCCN(C(=O)c1cc2c(=O)oc3ccc(C)cc3c2s1)c1ccc(Cl)c(Cl)c1. The number of carbonyl (C=O) groups excluding carboxylic acids is 1. The van der Waals surface area contributed by atoms with E-state index in [9.17, 15) is 9.59 Å². The Kier molecular flexibility index (Phi) is 5.38. The Balaban J connectivity index is 1.85. The average molecular weight is 446 g/mol. The fourth-order valence-corrected chi connectivity index (χ4v) is 4.68. The second-order valence-corrected chi connectivity index (χ2v) is 8.66. The molecule has 4 aromatic rings. The largest absolute Gasteiger partial charge is 0.422 e. The molecule has 0 aliphatic carbocycles. The van der Waals surface area contributed by atoms with Crippen LogP contribution in [0.1, 0.15) is 28.6 Å². The topological polar surface area (TPSA) is 50.5 Å². The van der Waals surface area contributed by atoms with E-state index in [0.29, 0.717) is 38.1 Å². The zero-order valence-electron chi connectivity index (χ0n) is 15.8. The van der Waals surface area contributed by atoms with Crippen LogP contribution in [0.4, 0.5) is 5.69 Å². The van der Waals surface area contributed by atoms with E-state index >= 15 is 0 Å². The number of amides is 1. The molecular weight excluding hydrogens is 429 g/mol. The number of fused-ring (bicyclic) bond motifs is 3. The first kappa shape index (κ1) is 20.0. The lowest BCUT2D eigenvalue weighted by molar-refractivity contribution is 0.0991. The Morgan fingerprint density at radius 3 is 2.59 bits per heavy atom. The second-order valence-electron chi connectivity index (χ2n) is 6.80. The minimum absolute atomic E-state index is 0.188. The highest BCUT2D eigenvalue weighted by molar-refractivity contribution is 7.21. The van der Waals surface area contributed by atoms with Crippen molar-refractivity contribution in [2.24, 2.45) is 0 Å². The third kappa shape index (κ3) is 3.66. The van der Waals surface area contributed by atoms with Gasteiger partial charge in [0.05, 0.1) is 25.0 Å². The Morgan fingerprint density at radius 2 is 1.86 bits per heavy atom. The van der Waals surface area contributed by atoms with E-state index in [1.54, 1.807) is 35.2 Å². The highest BCUT2D eigenvalue weighted by atomic mass is 35.5. The van der Waals surface area contributed by atoms with Crippen LogP contribution in [0, 0.1) is 6.92 Å². The van der Waals surface area contributed by atoms with Gasteiger partial charge in [0.1, 0.15) is 5.58 Å². The van der Waals surface area contributed by atoms with Gasteiger partial charge < -0.3 is 9.32 Å². The molecule has 0 aliphatic rings. The van der Waals surface area contributed by atoms with Crippen LogP contribution in [0.25, 0.3) is 21.1 Å². The number of nitrogens with zero attached hydrogens (tertiary/aromatic N) is 1. The minimum atomic E-state index is -0.441. The number of halogens is 2. The number of thiophene rings is 1. The fourth-order valence-electron chi connectivity index (χ4n) is 3.27. The van der Waals surface area contributed by atoms with Crippen LogP contribution in [0.3, 0.4) is 0 Å². The van der Waals surface area contributed by atoms with Gasteiger partial charge in [-0.3, -0.25) is 4.79 Å². The molecule has 2 aromatic heterocycles. The molecule has 0 spiro atoms. The normalized spacial score (nSPS) is 11.3. The molecule has 0 N–H and O–H groups in total. The number of benzene rings is 2. The highest BCUT2D eigenvalue weighted by Gasteiger charge is 2.22. The van der Waals surface area contributed by atoms with Crippen LogP contribution in [-0.2, 0) is 0 Å². The van der Waals surface area contributed by atoms with Crippen molar-refractivity contribution in [1.82, 2.24) is 0 Å². The predicted molar refractivity (Wildman–Crippen MR) is 121 cm³/mol. The Labute approximate surface area is 181 Å². The van der Waals surface area contributed by atoms with Gasteiger partial charge in [-0.15, -0.1) is 11.3 Å². The molecule has 0 unspecified atom stereocenters. The minimum Gasteiger partial charge on any atom is -0.422 e. The van der Waals surface area contributed by atoms with Gasteiger partial charge in [-0.1, -0.05) is 41.8 Å². The smallest absolute Gasteiger partial charge is 0.345 e. The number of rotatable bonds is 4. The van der Waals surface area contributed by atoms with Gasteiger partial charge in [-0.2, -0.15) is 0 Å². The van der Waals surface area contributed by atoms with Gasteiger partial charge in [-0.25, -0.2) is 4.79 Å². The number of hydrogen-bond donors (Lipinski definition) is 0. The molecular formula is C22H17Cl2NO3S. The van der Waals surface area contributed by atoms with Gasteiger partial charge in [-0.05, 0) is 49.7 Å². The summed E-state index contributed by atoms with van der Waals surface area (Å²) in [4.78, 5) is 27.9. The molecule has 0 aliphatic heterocycles. The Bertz CT molecular complexity index is 1310. The van der Waals surface area contributed by atoms with Crippen LogP contribution in [-0.4, -0.2) is 12.5 Å². The molecule has 29 heavy (non-hydrogen) atoms. The summed E-state index contributed by atoms with van der Waals surface area (Å²) >= 11 is 13.5. The molecule has 0 saturated carbocycles. The van der Waals surface area contributed by atoms with E-state index in [1.807, 2.05) is 26.0 Å². The molecule has 0 radical (unpaired) electrons. The summed E-state index contributed by atoms with van der Waals surface area (Å²) in [6.45, 7) is 4.48. The standard InChI is InChI=1S/C22H17Cl2NO3S/c1-3-8-25(13-5-6-16(23)17(24)10-13)21(26)19-11-15-20(29-19)14-9-12(2)4-7-18(14)28-22(15)27/h4-7,9-11H,3,8H2,1-2H3. The third-order valence-electron chi connectivity index (χ3n) is 4.65.